The first-order chi connectivity index (χ1) is 9.95. The number of anilines is 2. The summed E-state index contributed by atoms with van der Waals surface area (Å²) in [5.74, 6) is 1.57. The van der Waals surface area contributed by atoms with Crippen LogP contribution in [0.3, 0.4) is 0 Å². The summed E-state index contributed by atoms with van der Waals surface area (Å²) >= 11 is 0. The second-order valence-corrected chi connectivity index (χ2v) is 6.52. The fourth-order valence-corrected chi connectivity index (χ4v) is 2.85. The first-order valence-corrected chi connectivity index (χ1v) is 7.91. The van der Waals surface area contributed by atoms with Gasteiger partial charge in [-0.1, -0.05) is 0 Å². The molecule has 0 aliphatic carbocycles. The van der Waals surface area contributed by atoms with Crippen LogP contribution in [0.1, 0.15) is 26.7 Å². The van der Waals surface area contributed by atoms with E-state index in [4.69, 9.17) is 10.5 Å². The van der Waals surface area contributed by atoms with Crippen LogP contribution < -0.4 is 15.4 Å². The number of ether oxygens (including phenoxy) is 1. The molecule has 0 saturated carbocycles. The van der Waals surface area contributed by atoms with E-state index in [1.807, 2.05) is 19.9 Å². The predicted octanol–water partition coefficient (Wildman–Crippen LogP) is 2.83. The van der Waals surface area contributed by atoms with Gasteiger partial charge >= 0.3 is 0 Å². The third kappa shape index (κ3) is 4.53. The third-order valence-electron chi connectivity index (χ3n) is 4.17. The summed E-state index contributed by atoms with van der Waals surface area (Å²) in [6, 6.07) is 6.08. The fraction of sp³-hybridized carbons (Fsp3) is 0.647. The Bertz CT molecular complexity index is 453. The summed E-state index contributed by atoms with van der Waals surface area (Å²) in [5.41, 5.74) is 7.88. The SMILES string of the molecule is CC(C)Oc1cc(N(C)CC2CCN(C)CC2)ccc1N. The molecule has 1 aliphatic rings. The van der Waals surface area contributed by atoms with Crippen LogP contribution in [0, 0.1) is 5.92 Å². The number of hydrogen-bond donors (Lipinski definition) is 1. The van der Waals surface area contributed by atoms with E-state index >= 15 is 0 Å². The van der Waals surface area contributed by atoms with Crippen molar-refractivity contribution in [3.8, 4) is 5.75 Å². The van der Waals surface area contributed by atoms with Gasteiger partial charge in [0.2, 0.25) is 0 Å². The minimum Gasteiger partial charge on any atom is -0.489 e. The van der Waals surface area contributed by atoms with Gasteiger partial charge in [-0.2, -0.15) is 0 Å². The second kappa shape index (κ2) is 7.03. The van der Waals surface area contributed by atoms with Crippen molar-refractivity contribution >= 4 is 11.4 Å². The van der Waals surface area contributed by atoms with Crippen molar-refractivity contribution in [2.45, 2.75) is 32.8 Å². The van der Waals surface area contributed by atoms with E-state index in [2.05, 4.69) is 36.0 Å². The van der Waals surface area contributed by atoms with E-state index in [0.717, 1.165) is 18.2 Å². The highest BCUT2D eigenvalue weighted by atomic mass is 16.5. The molecule has 1 aromatic rings. The molecule has 0 bridgehead atoms. The van der Waals surface area contributed by atoms with Gasteiger partial charge in [-0.25, -0.2) is 0 Å². The molecule has 1 heterocycles. The Hall–Kier alpha value is -1.42. The standard InChI is InChI=1S/C17H29N3O/c1-13(2)21-17-11-15(5-6-16(17)18)20(4)12-14-7-9-19(3)10-8-14/h5-6,11,13-14H,7-10,12,18H2,1-4H3. The first kappa shape index (κ1) is 16.0. The molecular formula is C17H29N3O. The van der Waals surface area contributed by atoms with Crippen LogP contribution in [0.2, 0.25) is 0 Å². The Kier molecular flexibility index (Phi) is 5.34. The molecule has 0 radical (unpaired) electrons. The molecule has 1 aliphatic heterocycles. The number of nitrogens with two attached hydrogens (primary N) is 1. The Labute approximate surface area is 128 Å². The molecule has 1 fully saturated rings. The van der Waals surface area contributed by atoms with Crippen molar-refractivity contribution in [3.63, 3.8) is 0 Å². The quantitative estimate of drug-likeness (QED) is 0.847. The Balaban J connectivity index is 2.00. The van der Waals surface area contributed by atoms with Crippen LogP contribution in [0.5, 0.6) is 5.75 Å². The van der Waals surface area contributed by atoms with Crippen LogP contribution in [-0.4, -0.2) is 44.7 Å². The zero-order valence-electron chi connectivity index (χ0n) is 13.8. The fourth-order valence-electron chi connectivity index (χ4n) is 2.85. The maximum Gasteiger partial charge on any atom is 0.144 e. The van der Waals surface area contributed by atoms with E-state index in [0.29, 0.717) is 5.69 Å². The zero-order valence-corrected chi connectivity index (χ0v) is 13.8. The number of hydrogen-bond acceptors (Lipinski definition) is 4. The summed E-state index contributed by atoms with van der Waals surface area (Å²) in [6.07, 6.45) is 2.71. The molecule has 0 amide bonds. The molecule has 0 aromatic heterocycles. The topological polar surface area (TPSA) is 41.7 Å². The molecule has 1 saturated heterocycles. The van der Waals surface area contributed by atoms with Crippen molar-refractivity contribution in [2.24, 2.45) is 5.92 Å². The number of benzene rings is 1. The average Bonchev–Trinajstić information content (AvgIpc) is 2.43. The summed E-state index contributed by atoms with van der Waals surface area (Å²) in [4.78, 5) is 4.73. The van der Waals surface area contributed by atoms with Gasteiger partial charge in [0, 0.05) is 25.3 Å². The summed E-state index contributed by atoms with van der Waals surface area (Å²) in [7, 11) is 4.36. The monoisotopic (exact) mass is 291 g/mol. The lowest BCUT2D eigenvalue weighted by molar-refractivity contribution is 0.222. The lowest BCUT2D eigenvalue weighted by Gasteiger charge is -2.32. The Morgan fingerprint density at radius 2 is 2.00 bits per heavy atom. The maximum atomic E-state index is 5.99. The Morgan fingerprint density at radius 3 is 2.62 bits per heavy atom. The van der Waals surface area contributed by atoms with E-state index < -0.39 is 0 Å². The van der Waals surface area contributed by atoms with Gasteiger partial charge in [0.25, 0.3) is 0 Å². The minimum absolute atomic E-state index is 0.140. The predicted molar refractivity (Wildman–Crippen MR) is 90.1 cm³/mol. The molecule has 2 N–H and O–H groups in total. The highest BCUT2D eigenvalue weighted by Gasteiger charge is 2.18. The van der Waals surface area contributed by atoms with Gasteiger partial charge < -0.3 is 20.3 Å². The number of piperidine rings is 1. The van der Waals surface area contributed by atoms with Gasteiger partial charge in [-0.3, -0.25) is 0 Å². The maximum absolute atomic E-state index is 5.99. The molecule has 4 nitrogen and oxygen atoms in total. The van der Waals surface area contributed by atoms with Crippen LogP contribution in [0.15, 0.2) is 18.2 Å². The molecule has 1 aromatic carbocycles. The zero-order chi connectivity index (χ0) is 15.4. The van der Waals surface area contributed by atoms with Crippen molar-refractivity contribution < 1.29 is 4.74 Å². The molecule has 0 spiro atoms. The van der Waals surface area contributed by atoms with Gasteiger partial charge in [0.15, 0.2) is 0 Å². The summed E-state index contributed by atoms with van der Waals surface area (Å²) in [5, 5.41) is 0. The van der Waals surface area contributed by atoms with E-state index in [1.165, 1.54) is 31.6 Å². The number of nitrogen functional groups attached to an aromatic ring is 1. The van der Waals surface area contributed by atoms with Crippen LogP contribution in [0.4, 0.5) is 11.4 Å². The van der Waals surface area contributed by atoms with Gasteiger partial charge in [-0.05, 0) is 64.9 Å². The van der Waals surface area contributed by atoms with Crippen molar-refractivity contribution in [1.82, 2.24) is 4.90 Å². The van der Waals surface area contributed by atoms with Crippen molar-refractivity contribution in [2.75, 3.05) is 44.4 Å². The van der Waals surface area contributed by atoms with Crippen LogP contribution in [-0.2, 0) is 0 Å². The van der Waals surface area contributed by atoms with Gasteiger partial charge in [0.1, 0.15) is 5.75 Å². The van der Waals surface area contributed by atoms with Crippen LogP contribution in [0.25, 0.3) is 0 Å². The van der Waals surface area contributed by atoms with Gasteiger partial charge in [0.05, 0.1) is 11.8 Å². The molecule has 0 unspecified atom stereocenters. The third-order valence-corrected chi connectivity index (χ3v) is 4.17. The normalized spacial score (nSPS) is 17.2. The van der Waals surface area contributed by atoms with E-state index in [1.54, 1.807) is 0 Å². The average molecular weight is 291 g/mol. The summed E-state index contributed by atoms with van der Waals surface area (Å²) < 4.78 is 5.78. The van der Waals surface area contributed by atoms with E-state index in [9.17, 15) is 0 Å². The molecule has 21 heavy (non-hydrogen) atoms. The Morgan fingerprint density at radius 1 is 1.33 bits per heavy atom. The number of rotatable bonds is 5. The second-order valence-electron chi connectivity index (χ2n) is 6.52. The molecule has 118 valence electrons. The molecule has 4 heteroatoms. The molecule has 0 atom stereocenters. The molecular weight excluding hydrogens is 262 g/mol. The minimum atomic E-state index is 0.140. The number of nitrogens with zero attached hydrogens (tertiary/aromatic N) is 2. The van der Waals surface area contributed by atoms with E-state index in [-0.39, 0.29) is 6.10 Å². The highest BCUT2D eigenvalue weighted by molar-refractivity contribution is 5.62. The lowest BCUT2D eigenvalue weighted by Crippen LogP contribution is -2.35. The summed E-state index contributed by atoms with van der Waals surface area (Å²) in [6.45, 7) is 7.56. The largest absolute Gasteiger partial charge is 0.489 e. The van der Waals surface area contributed by atoms with Gasteiger partial charge in [-0.15, -0.1) is 0 Å². The highest BCUT2D eigenvalue weighted by Crippen LogP contribution is 2.29. The lowest BCUT2D eigenvalue weighted by atomic mass is 9.96. The van der Waals surface area contributed by atoms with Crippen molar-refractivity contribution in [1.29, 1.82) is 0 Å². The van der Waals surface area contributed by atoms with Crippen LogP contribution >= 0.6 is 0 Å². The molecule has 2 rings (SSSR count). The smallest absolute Gasteiger partial charge is 0.144 e. The number of likely N-dealkylation sites (tertiary alicyclic amines) is 1. The first-order valence-electron chi connectivity index (χ1n) is 7.91. The van der Waals surface area contributed by atoms with Crippen molar-refractivity contribution in [3.05, 3.63) is 18.2 Å².